The van der Waals surface area contributed by atoms with Crippen molar-refractivity contribution in [2.75, 3.05) is 0 Å². The quantitative estimate of drug-likeness (QED) is 0.266. The summed E-state index contributed by atoms with van der Waals surface area (Å²) in [6, 6.07) is 0. The number of carboxylic acid groups (broad SMARTS) is 1. The Morgan fingerprint density at radius 3 is 2.00 bits per heavy atom. The van der Waals surface area contributed by atoms with Gasteiger partial charge >= 0.3 is 24.2 Å². The van der Waals surface area contributed by atoms with Gasteiger partial charge in [0, 0.05) is 0 Å². The number of hydrogen-bond donors (Lipinski definition) is 1. The maximum absolute atomic E-state index is 9.10. The van der Waals surface area contributed by atoms with Crippen molar-refractivity contribution in [1.82, 2.24) is 0 Å². The van der Waals surface area contributed by atoms with E-state index in [1.807, 2.05) is 0 Å². The predicted octanol–water partition coefficient (Wildman–Crippen LogP) is -3.34. The van der Waals surface area contributed by atoms with Gasteiger partial charge in [0.25, 0.3) is 0 Å². The van der Waals surface area contributed by atoms with Crippen LogP contribution in [0, 0.1) is 0 Å². The first kappa shape index (κ1) is 10.2. The van der Waals surface area contributed by atoms with Crippen LogP contribution >= 0.6 is 0 Å². The normalized spacial score (nSPS) is 11.6. The molecule has 1 unspecified atom stereocenters. The predicted molar refractivity (Wildman–Crippen MR) is 18.1 cm³/mol. The first-order valence-electron chi connectivity index (χ1n) is 0.965. The molecule has 0 bridgehead atoms. The van der Waals surface area contributed by atoms with Crippen LogP contribution in [-0.4, -0.2) is 19.2 Å². The number of hydrogen-bond acceptors (Lipinski definition) is 3. The molecule has 0 rings (SSSR count). The van der Waals surface area contributed by atoms with Gasteiger partial charge in [-0.15, -0.1) is 0 Å². The van der Waals surface area contributed by atoms with Crippen molar-refractivity contribution in [1.29, 1.82) is 0 Å². The second-order valence-corrected chi connectivity index (χ2v) is 1.32. The summed E-state index contributed by atoms with van der Waals surface area (Å²) in [5.74, 6) is 0. The van der Waals surface area contributed by atoms with Crippen LogP contribution in [0.3, 0.4) is 0 Å². The number of rotatable bonds is 0. The molecule has 0 heterocycles. The SMILES string of the molecule is O=C(O)S(=O)[O-].[H-].[Li+]. The molecule has 0 amide bonds. The fourth-order valence-electron chi connectivity index (χ4n) is 0. The van der Waals surface area contributed by atoms with Gasteiger partial charge in [-0.25, -0.2) is 4.79 Å². The van der Waals surface area contributed by atoms with E-state index in [1.54, 1.807) is 0 Å². The zero-order valence-corrected chi connectivity index (χ0v) is 4.40. The fraction of sp³-hybridized carbons (Fsp3) is 0. The first-order valence-corrected chi connectivity index (χ1v) is 2.04. The Bertz CT molecular complexity index is 82.0. The summed E-state index contributed by atoms with van der Waals surface area (Å²) in [5, 5.41) is 5.55. The molecule has 6 heteroatoms. The van der Waals surface area contributed by atoms with Crippen molar-refractivity contribution >= 4 is 16.4 Å². The molecule has 7 heavy (non-hydrogen) atoms. The first-order chi connectivity index (χ1) is 2.64. The standard InChI is InChI=1S/CH2O4S.Li.H/c2-1(3)6(4)5;;/h(H,2,3)(H,4,5);;/q;+1;-1/p-1. The Kier molecular flexibility index (Phi) is 6.33. The van der Waals surface area contributed by atoms with Gasteiger partial charge in [0.1, 0.15) is 0 Å². The van der Waals surface area contributed by atoms with E-state index in [0.29, 0.717) is 0 Å². The van der Waals surface area contributed by atoms with Crippen molar-refractivity contribution in [3.63, 3.8) is 0 Å². The average molecular weight is 117 g/mol. The number of carbonyl (C=O) groups is 1. The third-order valence-electron chi connectivity index (χ3n) is 0.143. The van der Waals surface area contributed by atoms with Crippen LogP contribution in [-0.2, 0) is 11.1 Å². The molecule has 0 aliphatic heterocycles. The van der Waals surface area contributed by atoms with Crippen molar-refractivity contribution in [3.8, 4) is 0 Å². The molecule has 0 aromatic heterocycles. The maximum atomic E-state index is 9.10. The van der Waals surface area contributed by atoms with Crippen molar-refractivity contribution in [2.24, 2.45) is 0 Å². The van der Waals surface area contributed by atoms with Crippen LogP contribution in [0.1, 0.15) is 1.43 Å². The molecule has 0 spiro atoms. The molecule has 0 aliphatic carbocycles. The molecular weight excluding hydrogens is 115 g/mol. The average Bonchev–Trinajstić information content (AvgIpc) is 1.36. The second kappa shape index (κ2) is 4.34. The largest absolute Gasteiger partial charge is 1.00 e. The van der Waals surface area contributed by atoms with Crippen molar-refractivity contribution in [2.45, 2.75) is 0 Å². The fourth-order valence-corrected chi connectivity index (χ4v) is 0. The van der Waals surface area contributed by atoms with E-state index in [9.17, 15) is 0 Å². The molecule has 0 fully saturated rings. The summed E-state index contributed by atoms with van der Waals surface area (Å²) < 4.78 is 18.2. The van der Waals surface area contributed by atoms with Crippen LogP contribution in [0.25, 0.3) is 0 Å². The summed E-state index contributed by atoms with van der Waals surface area (Å²) in [5.41, 5.74) is 0. The van der Waals surface area contributed by atoms with E-state index in [-0.39, 0.29) is 20.3 Å². The molecule has 1 atom stereocenters. The summed E-state index contributed by atoms with van der Waals surface area (Å²) >= 11 is -2.95. The van der Waals surface area contributed by atoms with Crippen molar-refractivity contribution < 1.29 is 38.9 Å². The molecule has 0 aliphatic rings. The van der Waals surface area contributed by atoms with E-state index < -0.39 is 16.4 Å². The molecule has 0 radical (unpaired) electrons. The topological polar surface area (TPSA) is 77.4 Å². The zero-order chi connectivity index (χ0) is 5.15. The molecule has 38 valence electrons. The third-order valence-corrected chi connectivity index (χ3v) is 0.428. The Balaban J connectivity index is -0.000000125. The van der Waals surface area contributed by atoms with Gasteiger partial charge in [0.05, 0.1) is 11.1 Å². The summed E-state index contributed by atoms with van der Waals surface area (Å²) in [7, 11) is 0. The maximum Gasteiger partial charge on any atom is 1.00 e. The van der Waals surface area contributed by atoms with Crippen LogP contribution in [0.15, 0.2) is 0 Å². The third kappa shape index (κ3) is 6.18. The van der Waals surface area contributed by atoms with Gasteiger partial charge < -0.3 is 11.1 Å². The van der Waals surface area contributed by atoms with Crippen LogP contribution in [0.4, 0.5) is 4.79 Å². The van der Waals surface area contributed by atoms with Gasteiger partial charge in [-0.05, 0) is 0 Å². The summed E-state index contributed by atoms with van der Waals surface area (Å²) in [4.78, 5) is 9.09. The molecule has 0 aromatic carbocycles. The Labute approximate surface area is 55.9 Å². The Hall–Kier alpha value is 0.177. The van der Waals surface area contributed by atoms with Crippen LogP contribution in [0.5, 0.6) is 0 Å². The van der Waals surface area contributed by atoms with E-state index >= 15 is 0 Å². The minimum atomic E-state index is -2.95. The summed E-state index contributed by atoms with van der Waals surface area (Å²) in [6.07, 6.45) is 0. The Morgan fingerprint density at radius 2 is 2.00 bits per heavy atom. The molecule has 1 N–H and O–H groups in total. The minimum Gasteiger partial charge on any atom is -1.00 e. The minimum absolute atomic E-state index is 0. The van der Waals surface area contributed by atoms with Gasteiger partial charge in [-0.2, -0.15) is 0 Å². The Morgan fingerprint density at radius 1 is 1.86 bits per heavy atom. The van der Waals surface area contributed by atoms with Crippen molar-refractivity contribution in [3.05, 3.63) is 0 Å². The summed E-state index contributed by atoms with van der Waals surface area (Å²) in [6.45, 7) is 0. The molecule has 4 nitrogen and oxygen atoms in total. The molecule has 0 saturated carbocycles. The van der Waals surface area contributed by atoms with E-state index in [1.165, 1.54) is 0 Å². The van der Waals surface area contributed by atoms with Gasteiger partial charge in [0.2, 0.25) is 0 Å². The monoisotopic (exact) mass is 117 g/mol. The van der Waals surface area contributed by atoms with Crippen LogP contribution < -0.4 is 18.9 Å². The molecule has 0 aromatic rings. The van der Waals surface area contributed by atoms with Gasteiger partial charge in [-0.3, -0.25) is 4.21 Å². The van der Waals surface area contributed by atoms with Gasteiger partial charge in [0.15, 0.2) is 0 Å². The van der Waals surface area contributed by atoms with Crippen LogP contribution in [0.2, 0.25) is 0 Å². The van der Waals surface area contributed by atoms with E-state index in [4.69, 9.17) is 18.7 Å². The zero-order valence-electron chi connectivity index (χ0n) is 4.58. The smallest absolute Gasteiger partial charge is 1.00 e. The van der Waals surface area contributed by atoms with Gasteiger partial charge in [-0.1, -0.05) is 0 Å². The molecule has 0 saturated heterocycles. The molecular formula is CH2LiO4S-. The van der Waals surface area contributed by atoms with E-state index in [0.717, 1.165) is 0 Å². The second-order valence-electron chi connectivity index (χ2n) is 0.501. The van der Waals surface area contributed by atoms with E-state index in [2.05, 4.69) is 0 Å².